The standard InChI is InChI=1S/C25H26FN5O2/c1-16-8-9-19(15-22(16)29-24(32)20-6-4-5-7-21(20)26)25(33)31-12-10-30(11-13-31)23-14-17(2)27-18(3)28-23/h4-9,14-15H,10-13H2,1-3H3,(H,29,32). The molecule has 0 spiro atoms. The highest BCUT2D eigenvalue weighted by molar-refractivity contribution is 6.05. The van der Waals surface area contributed by atoms with Gasteiger partial charge in [0.05, 0.1) is 5.56 Å². The van der Waals surface area contributed by atoms with E-state index in [4.69, 9.17) is 0 Å². The topological polar surface area (TPSA) is 78.4 Å². The van der Waals surface area contributed by atoms with Gasteiger partial charge in [-0.05, 0) is 50.6 Å². The molecule has 0 bridgehead atoms. The zero-order valence-electron chi connectivity index (χ0n) is 18.9. The van der Waals surface area contributed by atoms with Crippen molar-refractivity contribution in [3.63, 3.8) is 0 Å². The molecule has 2 aromatic carbocycles. The van der Waals surface area contributed by atoms with Crippen LogP contribution in [0.1, 0.15) is 37.8 Å². The van der Waals surface area contributed by atoms with E-state index in [9.17, 15) is 14.0 Å². The van der Waals surface area contributed by atoms with Crippen LogP contribution in [0, 0.1) is 26.6 Å². The molecule has 1 saturated heterocycles. The molecule has 7 nitrogen and oxygen atoms in total. The number of hydrogen-bond donors (Lipinski definition) is 1. The number of benzene rings is 2. The Labute approximate surface area is 192 Å². The molecule has 0 atom stereocenters. The summed E-state index contributed by atoms with van der Waals surface area (Å²) < 4.78 is 14.0. The zero-order chi connectivity index (χ0) is 23.5. The third-order valence-corrected chi connectivity index (χ3v) is 5.69. The van der Waals surface area contributed by atoms with Gasteiger partial charge in [-0.15, -0.1) is 0 Å². The SMILES string of the molecule is Cc1cc(N2CCN(C(=O)c3ccc(C)c(NC(=O)c4ccccc4F)c3)CC2)nc(C)n1. The van der Waals surface area contributed by atoms with Crippen LogP contribution in [0.25, 0.3) is 0 Å². The highest BCUT2D eigenvalue weighted by Crippen LogP contribution is 2.21. The fourth-order valence-corrected chi connectivity index (χ4v) is 3.91. The van der Waals surface area contributed by atoms with Crippen molar-refractivity contribution in [1.29, 1.82) is 0 Å². The lowest BCUT2D eigenvalue weighted by atomic mass is 10.1. The average molecular weight is 448 g/mol. The molecule has 3 aromatic rings. The van der Waals surface area contributed by atoms with Crippen molar-refractivity contribution in [2.75, 3.05) is 36.4 Å². The van der Waals surface area contributed by atoms with E-state index in [0.29, 0.717) is 37.4 Å². The van der Waals surface area contributed by atoms with E-state index in [1.807, 2.05) is 26.8 Å². The highest BCUT2D eigenvalue weighted by atomic mass is 19.1. The van der Waals surface area contributed by atoms with Crippen LogP contribution in [-0.2, 0) is 0 Å². The van der Waals surface area contributed by atoms with Gasteiger partial charge in [0, 0.05) is 49.2 Å². The fraction of sp³-hybridized carbons (Fsp3) is 0.280. The van der Waals surface area contributed by atoms with Crippen molar-refractivity contribution in [2.45, 2.75) is 20.8 Å². The first-order chi connectivity index (χ1) is 15.8. The lowest BCUT2D eigenvalue weighted by Gasteiger charge is -2.35. The number of amides is 2. The highest BCUT2D eigenvalue weighted by Gasteiger charge is 2.24. The molecule has 33 heavy (non-hydrogen) atoms. The number of aromatic nitrogens is 2. The Hall–Kier alpha value is -3.81. The van der Waals surface area contributed by atoms with E-state index >= 15 is 0 Å². The Bertz CT molecular complexity index is 1180. The number of hydrogen-bond acceptors (Lipinski definition) is 5. The van der Waals surface area contributed by atoms with Crippen LogP contribution in [0.4, 0.5) is 15.9 Å². The molecule has 2 amide bonds. The first kappa shape index (κ1) is 22.4. The Morgan fingerprint density at radius 1 is 0.939 bits per heavy atom. The zero-order valence-corrected chi connectivity index (χ0v) is 18.9. The summed E-state index contributed by atoms with van der Waals surface area (Å²) in [6.07, 6.45) is 0. The van der Waals surface area contributed by atoms with Crippen LogP contribution < -0.4 is 10.2 Å². The molecule has 1 fully saturated rings. The molecule has 2 heterocycles. The average Bonchev–Trinajstić information content (AvgIpc) is 2.80. The first-order valence-electron chi connectivity index (χ1n) is 10.8. The van der Waals surface area contributed by atoms with Gasteiger partial charge in [-0.1, -0.05) is 18.2 Å². The van der Waals surface area contributed by atoms with Gasteiger partial charge in [0.15, 0.2) is 0 Å². The predicted molar refractivity (Wildman–Crippen MR) is 125 cm³/mol. The van der Waals surface area contributed by atoms with Gasteiger partial charge in [-0.2, -0.15) is 0 Å². The normalized spacial score (nSPS) is 13.7. The Kier molecular flexibility index (Phi) is 6.35. The maximum Gasteiger partial charge on any atom is 0.258 e. The Morgan fingerprint density at radius 2 is 1.67 bits per heavy atom. The van der Waals surface area contributed by atoms with Gasteiger partial charge < -0.3 is 15.1 Å². The Balaban J connectivity index is 1.45. The molecule has 1 aliphatic heterocycles. The maximum atomic E-state index is 14.0. The summed E-state index contributed by atoms with van der Waals surface area (Å²) >= 11 is 0. The summed E-state index contributed by atoms with van der Waals surface area (Å²) in [7, 11) is 0. The van der Waals surface area contributed by atoms with E-state index in [1.54, 1.807) is 29.2 Å². The first-order valence-corrected chi connectivity index (χ1v) is 10.8. The van der Waals surface area contributed by atoms with Gasteiger partial charge in [0.1, 0.15) is 17.5 Å². The second kappa shape index (κ2) is 9.36. The molecular formula is C25H26FN5O2. The van der Waals surface area contributed by atoms with Crippen LogP contribution >= 0.6 is 0 Å². The molecule has 0 aliphatic carbocycles. The summed E-state index contributed by atoms with van der Waals surface area (Å²) in [4.78, 5) is 38.4. The summed E-state index contributed by atoms with van der Waals surface area (Å²) in [5, 5.41) is 2.73. The van der Waals surface area contributed by atoms with Gasteiger partial charge in [0.25, 0.3) is 11.8 Å². The van der Waals surface area contributed by atoms with Crippen molar-refractivity contribution in [3.05, 3.63) is 82.6 Å². The molecule has 1 N–H and O–H groups in total. The van der Waals surface area contributed by atoms with Crippen LogP contribution in [-0.4, -0.2) is 52.9 Å². The number of rotatable bonds is 4. The van der Waals surface area contributed by atoms with E-state index < -0.39 is 11.7 Å². The quantitative estimate of drug-likeness (QED) is 0.659. The Morgan fingerprint density at radius 3 is 2.36 bits per heavy atom. The summed E-state index contributed by atoms with van der Waals surface area (Å²) in [5.74, 6) is 0.358. The van der Waals surface area contributed by atoms with Crippen molar-refractivity contribution in [2.24, 2.45) is 0 Å². The van der Waals surface area contributed by atoms with E-state index in [2.05, 4.69) is 20.2 Å². The molecule has 0 unspecified atom stereocenters. The van der Waals surface area contributed by atoms with Crippen LogP contribution in [0.2, 0.25) is 0 Å². The van der Waals surface area contributed by atoms with Crippen LogP contribution in [0.5, 0.6) is 0 Å². The second-order valence-electron chi connectivity index (χ2n) is 8.16. The van der Waals surface area contributed by atoms with Crippen molar-refractivity contribution < 1.29 is 14.0 Å². The molecule has 0 radical (unpaired) electrons. The molecule has 8 heteroatoms. The van der Waals surface area contributed by atoms with Crippen molar-refractivity contribution in [1.82, 2.24) is 14.9 Å². The summed E-state index contributed by atoms with van der Waals surface area (Å²) in [5.41, 5.74) is 2.63. The van der Waals surface area contributed by atoms with Crippen molar-refractivity contribution in [3.8, 4) is 0 Å². The molecule has 170 valence electrons. The number of aryl methyl sites for hydroxylation is 3. The van der Waals surface area contributed by atoms with Gasteiger partial charge in [-0.25, -0.2) is 14.4 Å². The van der Waals surface area contributed by atoms with E-state index in [-0.39, 0.29) is 11.5 Å². The maximum absolute atomic E-state index is 14.0. The minimum atomic E-state index is -0.591. The third kappa shape index (κ3) is 5.00. The van der Waals surface area contributed by atoms with E-state index in [0.717, 1.165) is 22.9 Å². The largest absolute Gasteiger partial charge is 0.353 e. The number of piperazine rings is 1. The minimum absolute atomic E-state index is 0.0417. The number of carbonyl (C=O) groups is 2. The van der Waals surface area contributed by atoms with Gasteiger partial charge in [-0.3, -0.25) is 9.59 Å². The fourth-order valence-electron chi connectivity index (χ4n) is 3.91. The number of carbonyl (C=O) groups excluding carboxylic acids is 2. The molecule has 1 aromatic heterocycles. The van der Waals surface area contributed by atoms with Gasteiger partial charge in [0.2, 0.25) is 0 Å². The summed E-state index contributed by atoms with van der Waals surface area (Å²) in [6, 6.07) is 12.9. The third-order valence-electron chi connectivity index (χ3n) is 5.69. The predicted octanol–water partition coefficient (Wildman–Crippen LogP) is 3.76. The number of nitrogens with one attached hydrogen (secondary N) is 1. The lowest BCUT2D eigenvalue weighted by Crippen LogP contribution is -2.49. The number of anilines is 2. The summed E-state index contributed by atoms with van der Waals surface area (Å²) in [6.45, 7) is 8.11. The van der Waals surface area contributed by atoms with Crippen molar-refractivity contribution >= 4 is 23.3 Å². The van der Waals surface area contributed by atoms with Crippen LogP contribution in [0.15, 0.2) is 48.5 Å². The molecule has 0 saturated carbocycles. The minimum Gasteiger partial charge on any atom is -0.353 e. The van der Waals surface area contributed by atoms with E-state index in [1.165, 1.54) is 18.2 Å². The van der Waals surface area contributed by atoms with Gasteiger partial charge >= 0.3 is 0 Å². The molecular weight excluding hydrogens is 421 g/mol. The lowest BCUT2D eigenvalue weighted by molar-refractivity contribution is 0.0746. The van der Waals surface area contributed by atoms with Crippen LogP contribution in [0.3, 0.4) is 0 Å². The number of halogens is 1. The second-order valence-corrected chi connectivity index (χ2v) is 8.16. The molecule has 4 rings (SSSR count). The molecule has 1 aliphatic rings. The number of nitrogens with zero attached hydrogens (tertiary/aromatic N) is 4. The smallest absolute Gasteiger partial charge is 0.258 e. The monoisotopic (exact) mass is 447 g/mol.